The van der Waals surface area contributed by atoms with Crippen LogP contribution >= 0.6 is 0 Å². The van der Waals surface area contributed by atoms with E-state index in [9.17, 15) is 29.8 Å². The zero-order valence-electron chi connectivity index (χ0n) is 28.2. The molecule has 0 saturated heterocycles. The summed E-state index contributed by atoms with van der Waals surface area (Å²) < 4.78 is 22.7. The number of methoxy groups -OCH3 is 2. The van der Waals surface area contributed by atoms with E-state index in [1.165, 1.54) is 72.6 Å². The van der Waals surface area contributed by atoms with Gasteiger partial charge in [-0.05, 0) is 67.3 Å². The lowest BCUT2D eigenvalue weighted by molar-refractivity contribution is -0.385. The molecule has 2 amide bonds. The maximum absolute atomic E-state index is 12.9. The summed E-state index contributed by atoms with van der Waals surface area (Å²) in [5.74, 6) is 0.741. The molecular weight excluding hydrogens is 648 g/mol. The van der Waals surface area contributed by atoms with E-state index in [4.69, 9.17) is 18.9 Å². The summed E-state index contributed by atoms with van der Waals surface area (Å²) in [5, 5.41) is 22.4. The molecule has 50 heavy (non-hydrogen) atoms. The van der Waals surface area contributed by atoms with Gasteiger partial charge in [-0.3, -0.25) is 20.2 Å². The second-order valence-electron chi connectivity index (χ2n) is 11.2. The number of nitro groups is 2. The molecule has 14 heteroatoms. The highest BCUT2D eigenvalue weighted by Crippen LogP contribution is 2.41. The molecule has 4 rings (SSSR count). The molecule has 0 aliphatic heterocycles. The fourth-order valence-electron chi connectivity index (χ4n) is 5.14. The lowest BCUT2D eigenvalue weighted by atomic mass is 9.97. The Morgan fingerprint density at radius 3 is 1.58 bits per heavy atom. The van der Waals surface area contributed by atoms with Gasteiger partial charge in [0, 0.05) is 24.3 Å². The number of anilines is 2. The van der Waals surface area contributed by atoms with E-state index in [0.29, 0.717) is 34.9 Å². The normalized spacial score (nSPS) is 10.6. The Kier molecular flexibility index (Phi) is 12.7. The standard InChI is InChI=1S/C36H38N4O10/c1-5-6-7-10-26-21-32(49-23-37(35(41)47-3)28-12-16-30(17-13-28)39(43)44)34(27-11-8-9-25(2)20-27)33(22-26)50-24-38(36(42)48-4)29-14-18-31(19-15-29)40(45)46/h8-9,11-22H,5-7,10,23-24H2,1-4H3. The topological polar surface area (TPSA) is 164 Å². The van der Waals surface area contributed by atoms with Crippen molar-refractivity contribution >= 4 is 34.9 Å². The average molecular weight is 687 g/mol. The molecule has 14 nitrogen and oxygen atoms in total. The molecule has 0 atom stereocenters. The lowest BCUT2D eigenvalue weighted by Gasteiger charge is -2.25. The zero-order chi connectivity index (χ0) is 36.2. The number of nitrogens with zero attached hydrogens (tertiary/aromatic N) is 4. The Balaban J connectivity index is 1.78. The van der Waals surface area contributed by atoms with E-state index in [1.54, 1.807) is 0 Å². The van der Waals surface area contributed by atoms with E-state index >= 15 is 0 Å². The van der Waals surface area contributed by atoms with Gasteiger partial charge in [-0.2, -0.15) is 0 Å². The Morgan fingerprint density at radius 1 is 0.700 bits per heavy atom. The first kappa shape index (κ1) is 36.7. The predicted molar refractivity (Wildman–Crippen MR) is 187 cm³/mol. The summed E-state index contributed by atoms with van der Waals surface area (Å²) in [7, 11) is 2.44. The molecule has 0 heterocycles. The van der Waals surface area contributed by atoms with Crippen molar-refractivity contribution in [2.24, 2.45) is 0 Å². The first-order chi connectivity index (χ1) is 24.1. The van der Waals surface area contributed by atoms with Crippen molar-refractivity contribution in [3.8, 4) is 22.6 Å². The molecule has 0 aliphatic rings. The minimum Gasteiger partial charge on any atom is -0.472 e. The molecule has 0 fully saturated rings. The SMILES string of the molecule is CCCCCc1cc(OCN(C(=O)OC)c2ccc([N+](=O)[O-])cc2)c(-c2cccc(C)c2)c(OCN(C(=O)OC)c2ccc([N+](=O)[O-])cc2)c1. The number of hydrogen-bond acceptors (Lipinski definition) is 10. The Bertz CT molecular complexity index is 1710. The molecule has 0 radical (unpaired) electrons. The summed E-state index contributed by atoms with van der Waals surface area (Å²) in [6.45, 7) is 3.39. The van der Waals surface area contributed by atoms with Crippen LogP contribution in [0.25, 0.3) is 11.1 Å². The third kappa shape index (κ3) is 9.24. The molecule has 0 bridgehead atoms. The molecule has 0 aromatic heterocycles. The van der Waals surface area contributed by atoms with Gasteiger partial charge in [-0.15, -0.1) is 0 Å². The van der Waals surface area contributed by atoms with Gasteiger partial charge in [0.15, 0.2) is 13.5 Å². The predicted octanol–water partition coefficient (Wildman–Crippen LogP) is 8.43. The van der Waals surface area contributed by atoms with Crippen molar-refractivity contribution in [1.29, 1.82) is 0 Å². The largest absolute Gasteiger partial charge is 0.472 e. The Morgan fingerprint density at radius 2 is 1.18 bits per heavy atom. The fraction of sp³-hybridized carbons (Fsp3) is 0.278. The van der Waals surface area contributed by atoms with Crippen molar-refractivity contribution in [3.63, 3.8) is 0 Å². The van der Waals surface area contributed by atoms with Gasteiger partial charge in [-0.25, -0.2) is 19.4 Å². The van der Waals surface area contributed by atoms with E-state index in [2.05, 4.69) is 6.92 Å². The Labute approximate surface area is 289 Å². The smallest absolute Gasteiger partial charge is 0.416 e. The number of amides is 2. The number of unbranched alkanes of at least 4 members (excludes halogenated alkanes) is 2. The van der Waals surface area contributed by atoms with Gasteiger partial charge in [0.05, 0.1) is 41.0 Å². The number of non-ortho nitro benzene ring substituents is 2. The first-order valence-electron chi connectivity index (χ1n) is 15.8. The molecule has 0 spiro atoms. The molecule has 4 aromatic carbocycles. The third-order valence-electron chi connectivity index (χ3n) is 7.73. The van der Waals surface area contributed by atoms with Crippen molar-refractivity contribution < 1.29 is 38.4 Å². The summed E-state index contributed by atoms with van der Waals surface area (Å²) in [6.07, 6.45) is 2.06. The number of benzene rings is 4. The number of rotatable bonds is 15. The maximum atomic E-state index is 12.9. The quantitative estimate of drug-likeness (QED) is 0.0513. The van der Waals surface area contributed by atoms with Crippen LogP contribution in [0.1, 0.15) is 37.3 Å². The summed E-state index contributed by atoms with van der Waals surface area (Å²) >= 11 is 0. The van der Waals surface area contributed by atoms with Crippen LogP contribution in [0.5, 0.6) is 11.5 Å². The molecular formula is C36H38N4O10. The minimum atomic E-state index is -0.747. The van der Waals surface area contributed by atoms with Gasteiger partial charge in [0.1, 0.15) is 11.5 Å². The van der Waals surface area contributed by atoms with E-state index in [-0.39, 0.29) is 24.8 Å². The molecule has 262 valence electrons. The molecule has 4 aromatic rings. The minimum absolute atomic E-state index is 0.141. The van der Waals surface area contributed by atoms with Crippen molar-refractivity contribution in [2.75, 3.05) is 37.5 Å². The first-order valence-corrected chi connectivity index (χ1v) is 15.8. The number of carbonyl (C=O) groups is 2. The third-order valence-corrected chi connectivity index (χ3v) is 7.73. The van der Waals surface area contributed by atoms with Crippen LogP contribution in [0.15, 0.2) is 84.9 Å². The molecule has 0 unspecified atom stereocenters. The van der Waals surface area contributed by atoms with Crippen molar-refractivity contribution in [1.82, 2.24) is 0 Å². The molecule has 0 aliphatic carbocycles. The van der Waals surface area contributed by atoms with E-state index < -0.39 is 22.0 Å². The van der Waals surface area contributed by atoms with Gasteiger partial charge in [-0.1, -0.05) is 49.6 Å². The summed E-state index contributed by atoms with van der Waals surface area (Å²) in [4.78, 5) is 49.6. The highest BCUT2D eigenvalue weighted by Gasteiger charge is 2.24. The monoisotopic (exact) mass is 686 g/mol. The average Bonchev–Trinajstić information content (AvgIpc) is 3.11. The van der Waals surface area contributed by atoms with E-state index in [0.717, 1.165) is 36.0 Å². The summed E-state index contributed by atoms with van der Waals surface area (Å²) in [6, 6.07) is 22.2. The van der Waals surface area contributed by atoms with Crippen LogP contribution in [0.3, 0.4) is 0 Å². The van der Waals surface area contributed by atoms with E-state index in [1.807, 2.05) is 43.3 Å². The van der Waals surface area contributed by atoms with Crippen LogP contribution in [0, 0.1) is 27.2 Å². The fourth-order valence-corrected chi connectivity index (χ4v) is 5.14. The number of nitro benzene ring substituents is 2. The number of carbonyl (C=O) groups excluding carboxylic acids is 2. The maximum Gasteiger partial charge on any atom is 0.416 e. The number of aryl methyl sites for hydroxylation is 2. The highest BCUT2D eigenvalue weighted by molar-refractivity contribution is 5.88. The van der Waals surface area contributed by atoms with Gasteiger partial charge >= 0.3 is 12.2 Å². The van der Waals surface area contributed by atoms with Crippen LogP contribution in [0.2, 0.25) is 0 Å². The Hall–Kier alpha value is -6.18. The summed E-state index contributed by atoms with van der Waals surface area (Å²) in [5.41, 5.74) is 3.44. The van der Waals surface area contributed by atoms with Gasteiger partial charge < -0.3 is 18.9 Å². The van der Waals surface area contributed by atoms with Crippen LogP contribution < -0.4 is 19.3 Å². The molecule has 0 N–H and O–H groups in total. The van der Waals surface area contributed by atoms with Crippen LogP contribution in [-0.4, -0.2) is 49.7 Å². The number of ether oxygens (including phenoxy) is 4. The van der Waals surface area contributed by atoms with Crippen LogP contribution in [0.4, 0.5) is 32.3 Å². The second kappa shape index (κ2) is 17.3. The number of hydrogen-bond donors (Lipinski definition) is 0. The van der Waals surface area contributed by atoms with Crippen molar-refractivity contribution in [3.05, 3.63) is 116 Å². The highest BCUT2D eigenvalue weighted by atomic mass is 16.6. The van der Waals surface area contributed by atoms with Crippen molar-refractivity contribution in [2.45, 2.75) is 39.5 Å². The lowest BCUT2D eigenvalue weighted by Crippen LogP contribution is -2.35. The zero-order valence-corrected chi connectivity index (χ0v) is 28.2. The second-order valence-corrected chi connectivity index (χ2v) is 11.2. The van der Waals surface area contributed by atoms with Crippen LogP contribution in [-0.2, 0) is 15.9 Å². The van der Waals surface area contributed by atoms with Gasteiger partial charge in [0.2, 0.25) is 0 Å². The molecule has 0 saturated carbocycles. The van der Waals surface area contributed by atoms with Gasteiger partial charge in [0.25, 0.3) is 11.4 Å².